The number of thioether (sulfide) groups is 1. The number of hydrogen-bond acceptors (Lipinski definition) is 6. The van der Waals surface area contributed by atoms with Crippen LogP contribution in [0.5, 0.6) is 0 Å². The molecule has 0 unspecified atom stereocenters. The number of rotatable bonds is 9. The normalized spacial score (nSPS) is 10.4. The van der Waals surface area contributed by atoms with Crippen LogP contribution in [0, 0.1) is 6.92 Å². The van der Waals surface area contributed by atoms with E-state index in [1.54, 1.807) is 28.0 Å². The van der Waals surface area contributed by atoms with Crippen LogP contribution in [0.15, 0.2) is 5.38 Å². The smallest absolute Gasteiger partial charge is 0.325 e. The number of methoxy groups -OCH3 is 1. The van der Waals surface area contributed by atoms with E-state index < -0.39 is 0 Å². The van der Waals surface area contributed by atoms with Crippen molar-refractivity contribution in [2.45, 2.75) is 32.4 Å². The highest BCUT2D eigenvalue weighted by molar-refractivity contribution is 7.98. The van der Waals surface area contributed by atoms with Crippen LogP contribution in [0.2, 0.25) is 0 Å². The maximum absolute atomic E-state index is 12.1. The number of carbonyl (C=O) groups is 2. The van der Waals surface area contributed by atoms with Crippen molar-refractivity contribution in [1.29, 1.82) is 0 Å². The lowest BCUT2D eigenvalue weighted by molar-refractivity contribution is -0.146. The number of esters is 1. The third-order valence-electron chi connectivity index (χ3n) is 2.77. The zero-order valence-corrected chi connectivity index (χ0v) is 14.4. The SMILES string of the molecule is CCCN(CC(=O)OC)C(=O)CCSCc1csc(C)n1. The number of amides is 1. The van der Waals surface area contributed by atoms with Crippen molar-refractivity contribution in [1.82, 2.24) is 9.88 Å². The molecule has 21 heavy (non-hydrogen) atoms. The predicted octanol–water partition coefficient (Wildman–Crippen LogP) is 2.49. The second-order valence-electron chi connectivity index (χ2n) is 4.55. The fraction of sp³-hybridized carbons (Fsp3) is 0.643. The lowest BCUT2D eigenvalue weighted by Crippen LogP contribution is -2.36. The fourth-order valence-corrected chi connectivity index (χ4v) is 3.29. The van der Waals surface area contributed by atoms with Crippen LogP contribution in [-0.4, -0.2) is 47.7 Å². The molecule has 1 aromatic heterocycles. The molecule has 1 amide bonds. The number of nitrogens with zero attached hydrogens (tertiary/aromatic N) is 2. The molecule has 0 bridgehead atoms. The minimum atomic E-state index is -0.373. The molecule has 0 aliphatic rings. The molecule has 118 valence electrons. The van der Waals surface area contributed by atoms with Gasteiger partial charge in [-0.3, -0.25) is 9.59 Å². The highest BCUT2D eigenvalue weighted by Crippen LogP contribution is 2.16. The molecular weight excluding hydrogens is 308 g/mol. The van der Waals surface area contributed by atoms with Crippen molar-refractivity contribution in [3.05, 3.63) is 16.1 Å². The van der Waals surface area contributed by atoms with Crippen LogP contribution in [0.25, 0.3) is 0 Å². The molecule has 0 aromatic carbocycles. The Kier molecular flexibility index (Phi) is 8.37. The summed E-state index contributed by atoms with van der Waals surface area (Å²) in [6, 6.07) is 0. The van der Waals surface area contributed by atoms with Crippen LogP contribution in [0.1, 0.15) is 30.5 Å². The van der Waals surface area contributed by atoms with Gasteiger partial charge in [0.15, 0.2) is 0 Å². The summed E-state index contributed by atoms with van der Waals surface area (Å²) in [7, 11) is 1.34. The van der Waals surface area contributed by atoms with E-state index >= 15 is 0 Å². The molecule has 0 saturated heterocycles. The maximum atomic E-state index is 12.1. The first-order valence-corrected chi connectivity index (χ1v) is 8.93. The Hall–Kier alpha value is -1.08. The number of carbonyl (C=O) groups excluding carboxylic acids is 2. The largest absolute Gasteiger partial charge is 0.468 e. The molecule has 0 saturated carbocycles. The molecule has 0 spiro atoms. The molecule has 0 fully saturated rings. The molecule has 1 aromatic rings. The summed E-state index contributed by atoms with van der Waals surface area (Å²) in [5, 5.41) is 3.11. The Bertz CT molecular complexity index is 463. The number of hydrogen-bond donors (Lipinski definition) is 0. The maximum Gasteiger partial charge on any atom is 0.325 e. The quantitative estimate of drug-likeness (QED) is 0.514. The molecular formula is C14H22N2O3S2. The van der Waals surface area contributed by atoms with Gasteiger partial charge in [-0.1, -0.05) is 6.92 Å². The topological polar surface area (TPSA) is 59.5 Å². The van der Waals surface area contributed by atoms with Crippen LogP contribution in [0.3, 0.4) is 0 Å². The van der Waals surface area contributed by atoms with Crippen molar-refractivity contribution < 1.29 is 14.3 Å². The molecule has 0 aliphatic heterocycles. The van der Waals surface area contributed by atoms with Gasteiger partial charge in [-0.15, -0.1) is 11.3 Å². The van der Waals surface area contributed by atoms with E-state index in [0.29, 0.717) is 13.0 Å². The van der Waals surface area contributed by atoms with Gasteiger partial charge in [0.1, 0.15) is 6.54 Å². The van der Waals surface area contributed by atoms with E-state index in [9.17, 15) is 9.59 Å². The van der Waals surface area contributed by atoms with Gasteiger partial charge in [-0.25, -0.2) is 4.98 Å². The summed E-state index contributed by atoms with van der Waals surface area (Å²) < 4.78 is 4.62. The first kappa shape index (κ1) is 18.0. The summed E-state index contributed by atoms with van der Waals surface area (Å²) in [4.78, 5) is 29.3. The van der Waals surface area contributed by atoms with Gasteiger partial charge >= 0.3 is 5.97 Å². The van der Waals surface area contributed by atoms with Crippen molar-refractivity contribution in [3.8, 4) is 0 Å². The van der Waals surface area contributed by atoms with E-state index in [0.717, 1.165) is 28.6 Å². The Balaban J connectivity index is 2.30. The minimum Gasteiger partial charge on any atom is -0.468 e. The van der Waals surface area contributed by atoms with E-state index in [1.807, 2.05) is 19.2 Å². The second kappa shape index (κ2) is 9.78. The molecule has 7 heteroatoms. The molecule has 0 aliphatic carbocycles. The lowest BCUT2D eigenvalue weighted by Gasteiger charge is -2.20. The highest BCUT2D eigenvalue weighted by Gasteiger charge is 2.16. The molecule has 0 atom stereocenters. The van der Waals surface area contributed by atoms with Crippen LogP contribution < -0.4 is 0 Å². The molecule has 0 radical (unpaired) electrons. The number of aromatic nitrogens is 1. The van der Waals surface area contributed by atoms with Gasteiger partial charge in [-0.2, -0.15) is 11.8 Å². The summed E-state index contributed by atoms with van der Waals surface area (Å²) in [6.07, 6.45) is 1.26. The first-order chi connectivity index (χ1) is 10.1. The van der Waals surface area contributed by atoms with Crippen LogP contribution in [0.4, 0.5) is 0 Å². The summed E-state index contributed by atoms with van der Waals surface area (Å²) in [6.45, 7) is 4.59. The molecule has 5 nitrogen and oxygen atoms in total. The number of aryl methyl sites for hydroxylation is 1. The molecule has 1 rings (SSSR count). The monoisotopic (exact) mass is 330 g/mol. The zero-order chi connectivity index (χ0) is 15.7. The van der Waals surface area contributed by atoms with Crippen molar-refractivity contribution in [3.63, 3.8) is 0 Å². The van der Waals surface area contributed by atoms with E-state index in [4.69, 9.17) is 0 Å². The summed E-state index contributed by atoms with van der Waals surface area (Å²) in [5.41, 5.74) is 1.06. The Morgan fingerprint density at radius 3 is 2.81 bits per heavy atom. The van der Waals surface area contributed by atoms with E-state index in [-0.39, 0.29) is 18.4 Å². The summed E-state index contributed by atoms with van der Waals surface area (Å²) >= 11 is 3.33. The van der Waals surface area contributed by atoms with Gasteiger partial charge in [0.05, 0.1) is 17.8 Å². The van der Waals surface area contributed by atoms with Crippen molar-refractivity contribution in [2.24, 2.45) is 0 Å². The van der Waals surface area contributed by atoms with Crippen LogP contribution >= 0.6 is 23.1 Å². The second-order valence-corrected chi connectivity index (χ2v) is 6.72. The fourth-order valence-electron chi connectivity index (χ4n) is 1.75. The Morgan fingerprint density at radius 1 is 1.48 bits per heavy atom. The standard InChI is InChI=1S/C14H22N2O3S2/c1-4-6-16(8-14(18)19-3)13(17)5-7-20-9-12-10-21-11(2)15-12/h10H,4-9H2,1-3H3. The van der Waals surface area contributed by atoms with E-state index in [1.165, 1.54) is 7.11 Å². The van der Waals surface area contributed by atoms with E-state index in [2.05, 4.69) is 9.72 Å². The summed E-state index contributed by atoms with van der Waals surface area (Å²) in [5.74, 6) is 1.19. The van der Waals surface area contributed by atoms with Crippen molar-refractivity contribution in [2.75, 3.05) is 26.0 Å². The van der Waals surface area contributed by atoms with Gasteiger partial charge in [0, 0.05) is 29.9 Å². The number of thiazole rings is 1. The van der Waals surface area contributed by atoms with Gasteiger partial charge in [0.25, 0.3) is 0 Å². The number of ether oxygens (including phenoxy) is 1. The van der Waals surface area contributed by atoms with Gasteiger partial charge in [0.2, 0.25) is 5.91 Å². The lowest BCUT2D eigenvalue weighted by atomic mass is 10.3. The zero-order valence-electron chi connectivity index (χ0n) is 12.8. The van der Waals surface area contributed by atoms with Crippen molar-refractivity contribution >= 4 is 35.0 Å². The third kappa shape index (κ3) is 6.95. The molecule has 1 heterocycles. The van der Waals surface area contributed by atoms with Gasteiger partial charge < -0.3 is 9.64 Å². The van der Waals surface area contributed by atoms with Crippen LogP contribution in [-0.2, 0) is 20.1 Å². The average Bonchev–Trinajstić information content (AvgIpc) is 2.88. The molecule has 0 N–H and O–H groups in total. The minimum absolute atomic E-state index is 0.00390. The predicted molar refractivity (Wildman–Crippen MR) is 86.5 cm³/mol. The Labute approximate surface area is 134 Å². The average molecular weight is 330 g/mol. The van der Waals surface area contributed by atoms with Gasteiger partial charge in [-0.05, 0) is 13.3 Å². The third-order valence-corrected chi connectivity index (χ3v) is 4.59. The Morgan fingerprint density at radius 2 is 2.24 bits per heavy atom. The first-order valence-electron chi connectivity index (χ1n) is 6.90. The highest BCUT2D eigenvalue weighted by atomic mass is 32.2.